The fourth-order valence-electron chi connectivity index (χ4n) is 2.22. The van der Waals surface area contributed by atoms with E-state index in [9.17, 15) is 0 Å². The minimum absolute atomic E-state index is 0.0129. The Morgan fingerprint density at radius 1 is 0.800 bits per heavy atom. The van der Waals surface area contributed by atoms with E-state index >= 15 is 0 Å². The molecule has 0 aliphatic carbocycles. The lowest BCUT2D eigenvalue weighted by Gasteiger charge is -2.29. The molecule has 0 aromatic carbocycles. The van der Waals surface area contributed by atoms with Gasteiger partial charge in [0.05, 0.1) is 0 Å². The van der Waals surface area contributed by atoms with E-state index in [-0.39, 0.29) is 16.4 Å². The summed E-state index contributed by atoms with van der Waals surface area (Å²) >= 11 is 1.78. The number of imidazole rings is 1. The van der Waals surface area contributed by atoms with Crippen molar-refractivity contribution in [1.29, 1.82) is 0 Å². The number of thiazole rings is 1. The fraction of sp³-hybridized carbons (Fsp3) is 0.750. The highest BCUT2D eigenvalue weighted by Gasteiger charge is 2.31. The summed E-state index contributed by atoms with van der Waals surface area (Å²) in [5.74, 6) is 1.12. The van der Waals surface area contributed by atoms with E-state index in [1.165, 1.54) is 4.83 Å². The van der Waals surface area contributed by atoms with Crippen molar-refractivity contribution in [1.82, 2.24) is 14.5 Å². The Hall–Kier alpha value is -0.900. The van der Waals surface area contributed by atoms with Gasteiger partial charge in [0.15, 0.2) is 5.65 Å². The Morgan fingerprint density at radius 2 is 1.35 bits per heavy atom. The Labute approximate surface area is 126 Å². The highest BCUT2D eigenvalue weighted by molar-refractivity contribution is 7.18. The molecule has 0 unspecified atom stereocenters. The molecule has 112 valence electrons. The molecule has 0 saturated carbocycles. The first kappa shape index (κ1) is 15.5. The maximum atomic E-state index is 4.85. The second-order valence-electron chi connectivity index (χ2n) is 8.59. The standard InChI is InChI=1S/C16H27N3S/c1-14(2,3)12-17-10-11(19(12)16(7,8)9)20-13(18-10)15(4,5)6/h1-9H3. The predicted molar refractivity (Wildman–Crippen MR) is 87.8 cm³/mol. The monoisotopic (exact) mass is 293 g/mol. The topological polar surface area (TPSA) is 30.7 Å². The van der Waals surface area contributed by atoms with Crippen molar-refractivity contribution in [2.24, 2.45) is 0 Å². The van der Waals surface area contributed by atoms with Gasteiger partial charge in [0.25, 0.3) is 0 Å². The van der Waals surface area contributed by atoms with E-state index < -0.39 is 0 Å². The van der Waals surface area contributed by atoms with Crippen molar-refractivity contribution in [2.75, 3.05) is 0 Å². The van der Waals surface area contributed by atoms with Crippen LogP contribution in [0.5, 0.6) is 0 Å². The Bertz CT molecular complexity index is 627. The highest BCUT2D eigenvalue weighted by Crippen LogP contribution is 2.37. The average Bonchev–Trinajstić information content (AvgIpc) is 2.66. The van der Waals surface area contributed by atoms with Crippen LogP contribution in [0.2, 0.25) is 0 Å². The summed E-state index contributed by atoms with van der Waals surface area (Å²) < 4.78 is 2.37. The molecule has 0 saturated heterocycles. The summed E-state index contributed by atoms with van der Waals surface area (Å²) in [6, 6.07) is 0. The molecule has 3 nitrogen and oxygen atoms in total. The SMILES string of the molecule is CC(C)(C)c1nc2nc(C(C)(C)C)n(C(C)(C)C)c2s1. The molecule has 2 heterocycles. The third kappa shape index (κ3) is 2.62. The van der Waals surface area contributed by atoms with Crippen LogP contribution in [0, 0.1) is 0 Å². The van der Waals surface area contributed by atoms with Gasteiger partial charge in [0.2, 0.25) is 0 Å². The molecule has 0 amide bonds. The second kappa shape index (κ2) is 4.30. The van der Waals surface area contributed by atoms with Gasteiger partial charge < -0.3 is 4.57 Å². The summed E-state index contributed by atoms with van der Waals surface area (Å²) in [6.45, 7) is 20.0. The van der Waals surface area contributed by atoms with Gasteiger partial charge in [0, 0.05) is 16.4 Å². The van der Waals surface area contributed by atoms with Crippen molar-refractivity contribution >= 4 is 21.8 Å². The highest BCUT2D eigenvalue weighted by atomic mass is 32.1. The largest absolute Gasteiger partial charge is 0.312 e. The summed E-state index contributed by atoms with van der Waals surface area (Å²) in [5, 5.41) is 1.16. The van der Waals surface area contributed by atoms with Gasteiger partial charge in [-0.25, -0.2) is 9.97 Å². The molecular formula is C16H27N3S. The summed E-state index contributed by atoms with van der Waals surface area (Å²) in [5.41, 5.74) is 1.02. The van der Waals surface area contributed by atoms with Crippen LogP contribution in [-0.2, 0) is 16.4 Å². The Morgan fingerprint density at radius 3 is 1.75 bits per heavy atom. The maximum Gasteiger partial charge on any atom is 0.189 e. The number of aromatic nitrogens is 3. The van der Waals surface area contributed by atoms with Gasteiger partial charge in [-0.05, 0) is 20.8 Å². The molecule has 0 N–H and O–H groups in total. The van der Waals surface area contributed by atoms with Gasteiger partial charge in [-0.3, -0.25) is 0 Å². The smallest absolute Gasteiger partial charge is 0.189 e. The molecule has 2 rings (SSSR count). The van der Waals surface area contributed by atoms with Crippen molar-refractivity contribution in [3.8, 4) is 0 Å². The summed E-state index contributed by atoms with van der Waals surface area (Å²) in [6.07, 6.45) is 0. The van der Waals surface area contributed by atoms with Gasteiger partial charge in [-0.1, -0.05) is 52.9 Å². The molecular weight excluding hydrogens is 266 g/mol. The first-order valence-electron chi connectivity index (χ1n) is 7.22. The zero-order valence-corrected chi connectivity index (χ0v) is 15.1. The van der Waals surface area contributed by atoms with Crippen LogP contribution in [0.4, 0.5) is 0 Å². The zero-order chi connectivity index (χ0) is 15.5. The molecule has 0 aliphatic heterocycles. The van der Waals surface area contributed by atoms with E-state index in [1.807, 2.05) is 0 Å². The van der Waals surface area contributed by atoms with Crippen molar-refractivity contribution in [3.63, 3.8) is 0 Å². The van der Waals surface area contributed by atoms with E-state index in [0.29, 0.717) is 0 Å². The van der Waals surface area contributed by atoms with Gasteiger partial charge in [-0.15, -0.1) is 0 Å². The number of rotatable bonds is 0. The molecule has 0 bridgehead atoms. The van der Waals surface area contributed by atoms with Crippen LogP contribution in [-0.4, -0.2) is 14.5 Å². The number of hydrogen-bond donors (Lipinski definition) is 0. The minimum atomic E-state index is 0.0129. The fourth-order valence-corrected chi connectivity index (χ4v) is 3.47. The van der Waals surface area contributed by atoms with Crippen LogP contribution in [0.25, 0.3) is 10.5 Å². The Kier molecular flexibility index (Phi) is 3.33. The zero-order valence-electron chi connectivity index (χ0n) is 14.2. The third-order valence-corrected chi connectivity index (χ3v) is 4.66. The normalized spacial score (nSPS) is 14.2. The van der Waals surface area contributed by atoms with E-state index in [0.717, 1.165) is 16.5 Å². The first-order chi connectivity index (χ1) is 8.82. The van der Waals surface area contributed by atoms with Crippen LogP contribution < -0.4 is 0 Å². The molecule has 0 atom stereocenters. The molecule has 2 aromatic heterocycles. The predicted octanol–water partition coefficient (Wildman–Crippen LogP) is 4.84. The first-order valence-corrected chi connectivity index (χ1v) is 8.04. The van der Waals surface area contributed by atoms with Crippen LogP contribution in [0.15, 0.2) is 0 Å². The number of hydrogen-bond acceptors (Lipinski definition) is 3. The number of nitrogens with zero attached hydrogens (tertiary/aromatic N) is 3. The number of fused-ring (bicyclic) bond motifs is 1. The quantitative estimate of drug-likeness (QED) is 0.695. The third-order valence-electron chi connectivity index (χ3n) is 3.20. The van der Waals surface area contributed by atoms with Gasteiger partial charge in [-0.2, -0.15) is 0 Å². The van der Waals surface area contributed by atoms with Crippen molar-refractivity contribution in [3.05, 3.63) is 10.8 Å². The molecule has 2 aromatic rings. The molecule has 0 aliphatic rings. The van der Waals surface area contributed by atoms with E-state index in [2.05, 4.69) is 66.9 Å². The molecule has 0 spiro atoms. The van der Waals surface area contributed by atoms with Gasteiger partial charge >= 0.3 is 0 Å². The lowest BCUT2D eigenvalue weighted by Crippen LogP contribution is -2.29. The summed E-state index contributed by atoms with van der Waals surface area (Å²) in [7, 11) is 0. The molecule has 0 fully saturated rings. The van der Waals surface area contributed by atoms with Crippen molar-refractivity contribution < 1.29 is 0 Å². The summed E-state index contributed by atoms with van der Waals surface area (Å²) in [4.78, 5) is 10.8. The molecule has 4 heteroatoms. The van der Waals surface area contributed by atoms with E-state index in [1.54, 1.807) is 11.3 Å². The molecule has 0 radical (unpaired) electrons. The van der Waals surface area contributed by atoms with Crippen LogP contribution in [0.3, 0.4) is 0 Å². The maximum absolute atomic E-state index is 4.85. The average molecular weight is 293 g/mol. The minimum Gasteiger partial charge on any atom is -0.312 e. The molecule has 20 heavy (non-hydrogen) atoms. The van der Waals surface area contributed by atoms with Crippen LogP contribution in [0.1, 0.15) is 73.1 Å². The lowest BCUT2D eigenvalue weighted by atomic mass is 9.94. The second-order valence-corrected chi connectivity index (χ2v) is 9.57. The van der Waals surface area contributed by atoms with Crippen LogP contribution >= 0.6 is 11.3 Å². The van der Waals surface area contributed by atoms with Gasteiger partial charge in [0.1, 0.15) is 15.7 Å². The van der Waals surface area contributed by atoms with E-state index in [4.69, 9.17) is 9.97 Å². The van der Waals surface area contributed by atoms with Crippen molar-refractivity contribution in [2.45, 2.75) is 78.7 Å². The lowest BCUT2D eigenvalue weighted by molar-refractivity contribution is 0.365. The Balaban J connectivity index is 2.77.